The van der Waals surface area contributed by atoms with E-state index in [0.29, 0.717) is 11.7 Å². The molecule has 0 saturated heterocycles. The summed E-state index contributed by atoms with van der Waals surface area (Å²) in [7, 11) is 0. The second-order valence-electron chi connectivity index (χ2n) is 6.65. The Hall–Kier alpha value is -2.40. The van der Waals surface area contributed by atoms with Crippen LogP contribution in [0, 0.1) is 0 Å². The van der Waals surface area contributed by atoms with Gasteiger partial charge in [0.05, 0.1) is 6.04 Å². The van der Waals surface area contributed by atoms with Crippen molar-refractivity contribution in [3.63, 3.8) is 0 Å². The van der Waals surface area contributed by atoms with Crippen molar-refractivity contribution in [1.29, 1.82) is 0 Å². The maximum absolute atomic E-state index is 9.42. The highest BCUT2D eigenvalue weighted by molar-refractivity contribution is 5.97. The van der Waals surface area contributed by atoms with Gasteiger partial charge in [-0.2, -0.15) is 0 Å². The van der Waals surface area contributed by atoms with Crippen LogP contribution in [0.2, 0.25) is 0 Å². The Labute approximate surface area is 155 Å². The Morgan fingerprint density at radius 3 is 2.69 bits per heavy atom. The van der Waals surface area contributed by atoms with Gasteiger partial charge in [-0.3, -0.25) is 15.7 Å². The molecular formula is C21H27N3O2. The van der Waals surface area contributed by atoms with Crippen molar-refractivity contribution in [1.82, 2.24) is 10.5 Å². The minimum absolute atomic E-state index is 0.177. The highest BCUT2D eigenvalue weighted by atomic mass is 16.5. The number of aromatic nitrogens is 1. The molecule has 1 aliphatic carbocycles. The minimum atomic E-state index is 0.177. The lowest BCUT2D eigenvalue weighted by atomic mass is 9.91. The molecule has 0 unspecified atom stereocenters. The number of rotatable bonds is 6. The quantitative estimate of drug-likeness (QED) is 0.450. The minimum Gasteiger partial charge on any atom is -0.439 e. The fraction of sp³-hybridized carbons (Fsp3) is 0.429. The van der Waals surface area contributed by atoms with Crippen LogP contribution in [0.25, 0.3) is 0 Å². The maximum Gasteiger partial charge on any atom is 0.219 e. The Kier molecular flexibility index (Phi) is 6.23. The first-order valence-electron chi connectivity index (χ1n) is 9.48. The number of amidine groups is 1. The predicted octanol–water partition coefficient (Wildman–Crippen LogP) is 4.67. The zero-order chi connectivity index (χ0) is 18.4. The number of benzene rings is 1. The number of hydrogen-bond acceptors (Lipinski definition) is 4. The van der Waals surface area contributed by atoms with Gasteiger partial charge >= 0.3 is 0 Å². The van der Waals surface area contributed by atoms with Crippen molar-refractivity contribution in [2.24, 2.45) is 4.99 Å². The number of aliphatic imine (C=N–C) groups is 1. The molecule has 0 radical (unpaired) electrons. The third-order valence-electron chi connectivity index (χ3n) is 4.94. The molecule has 1 aromatic carbocycles. The standard InChI is InChI=1S/C21H27N3O2/c1-3-17(4-2)23-21(24-25)16-12-13-20(22-14-16)26-19-11-7-9-15-8-5-6-10-18(15)19/h7,9,11-14,17,25H,3-6,8,10H2,1-2H3,(H,23,24). The van der Waals surface area contributed by atoms with Gasteiger partial charge in [0.2, 0.25) is 5.88 Å². The van der Waals surface area contributed by atoms with Gasteiger partial charge in [0.25, 0.3) is 0 Å². The van der Waals surface area contributed by atoms with Crippen LogP contribution in [0.3, 0.4) is 0 Å². The van der Waals surface area contributed by atoms with Crippen molar-refractivity contribution in [2.75, 3.05) is 0 Å². The third kappa shape index (κ3) is 4.22. The first kappa shape index (κ1) is 18.4. The van der Waals surface area contributed by atoms with Gasteiger partial charge in [0.1, 0.15) is 5.75 Å². The molecule has 2 aromatic rings. The molecule has 0 saturated carbocycles. The number of pyridine rings is 1. The van der Waals surface area contributed by atoms with E-state index in [2.05, 4.69) is 35.4 Å². The van der Waals surface area contributed by atoms with Crippen LogP contribution in [0.15, 0.2) is 41.5 Å². The highest BCUT2D eigenvalue weighted by Crippen LogP contribution is 2.32. The first-order valence-corrected chi connectivity index (χ1v) is 9.48. The molecule has 138 valence electrons. The van der Waals surface area contributed by atoms with Crippen LogP contribution in [0.5, 0.6) is 11.6 Å². The maximum atomic E-state index is 9.42. The number of hydroxylamine groups is 1. The van der Waals surface area contributed by atoms with Crippen molar-refractivity contribution >= 4 is 5.84 Å². The van der Waals surface area contributed by atoms with Crippen molar-refractivity contribution < 1.29 is 9.94 Å². The molecule has 1 heterocycles. The Morgan fingerprint density at radius 1 is 1.19 bits per heavy atom. The predicted molar refractivity (Wildman–Crippen MR) is 103 cm³/mol. The fourth-order valence-electron chi connectivity index (χ4n) is 3.36. The summed E-state index contributed by atoms with van der Waals surface area (Å²) in [5.41, 5.74) is 5.62. The molecule has 2 N–H and O–H groups in total. The molecule has 26 heavy (non-hydrogen) atoms. The number of ether oxygens (including phenoxy) is 1. The van der Waals surface area contributed by atoms with E-state index in [9.17, 15) is 5.21 Å². The lowest BCUT2D eigenvalue weighted by molar-refractivity contribution is 0.234. The molecule has 1 aromatic heterocycles. The lowest BCUT2D eigenvalue weighted by Crippen LogP contribution is -2.23. The van der Waals surface area contributed by atoms with E-state index in [1.54, 1.807) is 6.20 Å². The van der Waals surface area contributed by atoms with Crippen LogP contribution in [-0.2, 0) is 12.8 Å². The van der Waals surface area contributed by atoms with E-state index in [4.69, 9.17) is 4.74 Å². The summed E-state index contributed by atoms with van der Waals surface area (Å²) in [6.45, 7) is 4.17. The second-order valence-corrected chi connectivity index (χ2v) is 6.65. The smallest absolute Gasteiger partial charge is 0.219 e. The molecule has 0 aliphatic heterocycles. The van der Waals surface area contributed by atoms with Crippen LogP contribution in [0.1, 0.15) is 56.2 Å². The number of nitrogens with zero attached hydrogens (tertiary/aromatic N) is 2. The largest absolute Gasteiger partial charge is 0.439 e. The van der Waals surface area contributed by atoms with E-state index in [1.807, 2.05) is 24.3 Å². The summed E-state index contributed by atoms with van der Waals surface area (Å²) >= 11 is 0. The number of nitrogens with one attached hydrogen (secondary N) is 1. The molecule has 0 spiro atoms. The average Bonchev–Trinajstić information content (AvgIpc) is 2.70. The fourth-order valence-corrected chi connectivity index (χ4v) is 3.36. The molecule has 0 atom stereocenters. The van der Waals surface area contributed by atoms with E-state index >= 15 is 0 Å². The summed E-state index contributed by atoms with van der Waals surface area (Å²) in [4.78, 5) is 8.94. The molecule has 0 bridgehead atoms. The SMILES string of the molecule is CCC(CC)N=C(NO)c1ccc(Oc2cccc3c2CCCC3)nc1. The summed E-state index contributed by atoms with van der Waals surface area (Å²) in [6, 6.07) is 10.1. The zero-order valence-corrected chi connectivity index (χ0v) is 15.5. The molecule has 5 nitrogen and oxygen atoms in total. The number of fused-ring (bicyclic) bond motifs is 1. The normalized spacial score (nSPS) is 14.2. The van der Waals surface area contributed by atoms with E-state index in [1.165, 1.54) is 24.0 Å². The van der Waals surface area contributed by atoms with Crippen LogP contribution < -0.4 is 10.2 Å². The van der Waals surface area contributed by atoms with Gasteiger partial charge in [0, 0.05) is 17.8 Å². The van der Waals surface area contributed by atoms with Crippen molar-refractivity contribution in [2.45, 2.75) is 58.4 Å². The van der Waals surface area contributed by atoms with E-state index in [0.717, 1.165) is 37.0 Å². The van der Waals surface area contributed by atoms with E-state index < -0.39 is 0 Å². The Bertz CT molecular complexity index is 752. The third-order valence-corrected chi connectivity index (χ3v) is 4.94. The van der Waals surface area contributed by atoms with Gasteiger partial charge < -0.3 is 4.74 Å². The molecule has 3 rings (SSSR count). The molecule has 1 aliphatic rings. The average molecular weight is 353 g/mol. The summed E-state index contributed by atoms with van der Waals surface area (Å²) in [6.07, 6.45) is 8.16. The summed E-state index contributed by atoms with van der Waals surface area (Å²) in [5, 5.41) is 9.42. The van der Waals surface area contributed by atoms with Crippen molar-refractivity contribution in [3.05, 3.63) is 53.2 Å². The Morgan fingerprint density at radius 2 is 2.00 bits per heavy atom. The van der Waals surface area contributed by atoms with Crippen molar-refractivity contribution in [3.8, 4) is 11.6 Å². The highest BCUT2D eigenvalue weighted by Gasteiger charge is 2.15. The number of aryl methyl sites for hydroxylation is 1. The van der Waals surface area contributed by atoms with E-state index in [-0.39, 0.29) is 6.04 Å². The van der Waals surface area contributed by atoms with Crippen LogP contribution in [0.4, 0.5) is 0 Å². The topological polar surface area (TPSA) is 66.7 Å². The second kappa shape index (κ2) is 8.81. The van der Waals surface area contributed by atoms with Gasteiger partial charge in [0.15, 0.2) is 5.84 Å². The molecule has 5 heteroatoms. The lowest BCUT2D eigenvalue weighted by Gasteiger charge is -2.19. The van der Waals surface area contributed by atoms with Gasteiger partial charge in [-0.25, -0.2) is 4.98 Å². The first-order chi connectivity index (χ1) is 12.7. The van der Waals surface area contributed by atoms with Crippen LogP contribution in [-0.4, -0.2) is 22.1 Å². The van der Waals surface area contributed by atoms with Gasteiger partial charge in [-0.15, -0.1) is 0 Å². The summed E-state index contributed by atoms with van der Waals surface area (Å²) in [5.74, 6) is 1.89. The van der Waals surface area contributed by atoms with Gasteiger partial charge in [-0.05, 0) is 61.8 Å². The van der Waals surface area contributed by atoms with Gasteiger partial charge in [-0.1, -0.05) is 26.0 Å². The number of hydrogen-bond donors (Lipinski definition) is 2. The molecule has 0 amide bonds. The molecular weight excluding hydrogens is 326 g/mol. The van der Waals surface area contributed by atoms with Crippen LogP contribution >= 0.6 is 0 Å². The Balaban J connectivity index is 1.78. The monoisotopic (exact) mass is 353 g/mol. The zero-order valence-electron chi connectivity index (χ0n) is 15.5. The summed E-state index contributed by atoms with van der Waals surface area (Å²) < 4.78 is 6.03. The molecule has 0 fully saturated rings.